The summed E-state index contributed by atoms with van der Waals surface area (Å²) >= 11 is 7.76. The van der Waals surface area contributed by atoms with Crippen molar-refractivity contribution >= 4 is 23.4 Å². The van der Waals surface area contributed by atoms with Crippen LogP contribution in [0.25, 0.3) is 17.1 Å². The Labute approximate surface area is 217 Å². The molecule has 1 N–H and O–H groups in total. The molecule has 4 rings (SSSR count). The van der Waals surface area contributed by atoms with E-state index in [1.54, 1.807) is 57.6 Å². The molecular weight excluding hydrogens is 501 g/mol. The molecule has 0 aromatic carbocycles. The summed E-state index contributed by atoms with van der Waals surface area (Å²) in [5.74, 6) is 0.118. The van der Waals surface area contributed by atoms with E-state index < -0.39 is 11.2 Å². The van der Waals surface area contributed by atoms with Crippen molar-refractivity contribution in [2.75, 3.05) is 0 Å². The van der Waals surface area contributed by atoms with E-state index in [4.69, 9.17) is 11.6 Å². The smallest absolute Gasteiger partial charge is 0.275 e. The number of pyridine rings is 3. The van der Waals surface area contributed by atoms with Gasteiger partial charge in [-0.05, 0) is 70.0 Å². The van der Waals surface area contributed by atoms with E-state index in [0.717, 1.165) is 11.1 Å². The molecule has 36 heavy (non-hydrogen) atoms. The second-order valence-electron chi connectivity index (χ2n) is 9.01. The molecule has 4 aromatic rings. The zero-order valence-electron chi connectivity index (χ0n) is 20.5. The Hall–Kier alpha value is -3.14. The minimum Gasteiger partial charge on any atom is -0.382 e. The average Bonchev–Trinajstić information content (AvgIpc) is 2.82. The predicted octanol–water partition coefficient (Wildman–Crippen LogP) is 5.32. The third-order valence-electron chi connectivity index (χ3n) is 5.50. The molecule has 4 heterocycles. The van der Waals surface area contributed by atoms with E-state index in [2.05, 4.69) is 19.9 Å². The Bertz CT molecular complexity index is 1520. The zero-order chi connectivity index (χ0) is 26.2. The fraction of sp³-hybridized carbons (Fsp3) is 0.269. The van der Waals surface area contributed by atoms with Crippen molar-refractivity contribution < 1.29 is 9.50 Å². The van der Waals surface area contributed by atoms with Crippen molar-refractivity contribution in [3.63, 3.8) is 0 Å². The van der Waals surface area contributed by atoms with E-state index >= 15 is 0 Å². The number of halogens is 2. The molecule has 10 heteroatoms. The maximum Gasteiger partial charge on any atom is 0.275 e. The summed E-state index contributed by atoms with van der Waals surface area (Å²) in [4.78, 5) is 31.1. The van der Waals surface area contributed by atoms with Gasteiger partial charge in [-0.1, -0.05) is 11.6 Å². The van der Waals surface area contributed by atoms with Gasteiger partial charge in [-0.2, -0.15) is 0 Å². The van der Waals surface area contributed by atoms with E-state index in [9.17, 15) is 14.3 Å². The first kappa shape index (κ1) is 25.9. The van der Waals surface area contributed by atoms with Crippen molar-refractivity contribution in [2.24, 2.45) is 0 Å². The summed E-state index contributed by atoms with van der Waals surface area (Å²) in [6, 6.07) is 6.68. The molecule has 0 fully saturated rings. The summed E-state index contributed by atoms with van der Waals surface area (Å²) in [6.07, 6.45) is 4.82. The number of aryl methyl sites for hydroxylation is 3. The third-order valence-corrected chi connectivity index (χ3v) is 7.03. The Morgan fingerprint density at radius 2 is 1.83 bits per heavy atom. The van der Waals surface area contributed by atoms with Crippen molar-refractivity contribution in [2.45, 2.75) is 50.9 Å². The van der Waals surface area contributed by atoms with Crippen molar-refractivity contribution in [3.05, 3.63) is 92.4 Å². The molecular formula is C26H25ClFN5O2S. The standard InChI is InChI=1S/C26H25ClFN5O2S/c1-14-8-17(28)20(30-11-14)13-36-22-9-16(3)33(24(34)23(22)27)21-10-19(31-12-15(21)2)18-6-7-29-25(32-18)26(4,5)35/h6-12,35H,13H2,1-5H3. The van der Waals surface area contributed by atoms with Crippen LogP contribution in [-0.4, -0.2) is 29.6 Å². The van der Waals surface area contributed by atoms with Crippen molar-refractivity contribution in [3.8, 4) is 17.1 Å². The van der Waals surface area contributed by atoms with Gasteiger partial charge in [-0.3, -0.25) is 19.3 Å². The zero-order valence-corrected chi connectivity index (χ0v) is 22.1. The fourth-order valence-corrected chi connectivity index (χ4v) is 4.87. The summed E-state index contributed by atoms with van der Waals surface area (Å²) in [5, 5.41) is 10.3. The van der Waals surface area contributed by atoms with Gasteiger partial charge < -0.3 is 5.11 Å². The highest BCUT2D eigenvalue weighted by molar-refractivity contribution is 7.98. The molecule has 0 atom stereocenters. The SMILES string of the molecule is Cc1cnc(CSc2cc(C)n(-c3cc(-c4ccnc(C(C)(C)O)n4)ncc3C)c(=O)c2Cl)c(F)c1. The lowest BCUT2D eigenvalue weighted by Gasteiger charge is -2.17. The number of nitrogens with zero attached hydrogens (tertiary/aromatic N) is 5. The lowest BCUT2D eigenvalue weighted by atomic mass is 10.1. The Morgan fingerprint density at radius 3 is 2.53 bits per heavy atom. The van der Waals surface area contributed by atoms with Crippen LogP contribution >= 0.6 is 23.4 Å². The van der Waals surface area contributed by atoms with Crippen molar-refractivity contribution in [1.29, 1.82) is 0 Å². The highest BCUT2D eigenvalue weighted by Gasteiger charge is 2.21. The minimum absolute atomic E-state index is 0.0437. The molecule has 4 aromatic heterocycles. The van der Waals surface area contributed by atoms with Crippen LogP contribution in [0.4, 0.5) is 4.39 Å². The normalized spacial score (nSPS) is 11.7. The maximum atomic E-state index is 14.2. The molecule has 0 saturated heterocycles. The topological polar surface area (TPSA) is 93.8 Å². The molecule has 186 valence electrons. The summed E-state index contributed by atoms with van der Waals surface area (Å²) in [6.45, 7) is 8.64. The van der Waals surface area contributed by atoms with Crippen LogP contribution < -0.4 is 5.56 Å². The first-order chi connectivity index (χ1) is 17.0. The summed E-state index contributed by atoms with van der Waals surface area (Å²) in [5.41, 5.74) is 2.50. The van der Waals surface area contributed by atoms with Crippen molar-refractivity contribution in [1.82, 2.24) is 24.5 Å². The number of rotatable bonds is 6. The van der Waals surface area contributed by atoms with Gasteiger partial charge >= 0.3 is 0 Å². The van der Waals surface area contributed by atoms with Crippen LogP contribution in [-0.2, 0) is 11.4 Å². The first-order valence-electron chi connectivity index (χ1n) is 11.1. The van der Waals surface area contributed by atoms with Crippen LogP contribution in [0, 0.1) is 26.6 Å². The molecule has 0 bridgehead atoms. The first-order valence-corrected chi connectivity index (χ1v) is 12.5. The van der Waals surface area contributed by atoms with E-state index in [-0.39, 0.29) is 22.4 Å². The van der Waals surface area contributed by atoms with Gasteiger partial charge in [0.2, 0.25) is 0 Å². The average molecular weight is 526 g/mol. The summed E-state index contributed by atoms with van der Waals surface area (Å²) in [7, 11) is 0. The monoisotopic (exact) mass is 525 g/mol. The molecule has 0 spiro atoms. The predicted molar refractivity (Wildman–Crippen MR) is 139 cm³/mol. The minimum atomic E-state index is -1.21. The van der Waals surface area contributed by atoms with Crippen LogP contribution in [0.15, 0.2) is 52.5 Å². The van der Waals surface area contributed by atoms with Gasteiger partial charge in [-0.25, -0.2) is 14.4 Å². The molecule has 0 radical (unpaired) electrons. The number of aliphatic hydroxyl groups is 1. The van der Waals surface area contributed by atoms with Gasteiger partial charge in [0.05, 0.1) is 22.8 Å². The van der Waals surface area contributed by atoms with Crippen LogP contribution in [0.3, 0.4) is 0 Å². The molecule has 0 aliphatic rings. The van der Waals surface area contributed by atoms with Gasteiger partial charge in [0, 0.05) is 34.9 Å². The van der Waals surface area contributed by atoms with Crippen LogP contribution in [0.5, 0.6) is 0 Å². The number of hydrogen-bond acceptors (Lipinski definition) is 7. The van der Waals surface area contributed by atoms with Gasteiger partial charge in [-0.15, -0.1) is 11.8 Å². The Morgan fingerprint density at radius 1 is 1.08 bits per heavy atom. The van der Waals surface area contributed by atoms with E-state index in [0.29, 0.717) is 33.4 Å². The molecule has 0 amide bonds. The lowest BCUT2D eigenvalue weighted by Crippen LogP contribution is -2.22. The molecule has 0 aliphatic heterocycles. The second-order valence-corrected chi connectivity index (χ2v) is 10.4. The highest BCUT2D eigenvalue weighted by Crippen LogP contribution is 2.30. The van der Waals surface area contributed by atoms with E-state index in [1.807, 2.05) is 13.8 Å². The van der Waals surface area contributed by atoms with Gasteiger partial charge in [0.25, 0.3) is 5.56 Å². The molecule has 0 unspecified atom stereocenters. The molecule has 0 saturated carbocycles. The van der Waals surface area contributed by atoms with Crippen LogP contribution in [0.1, 0.15) is 42.2 Å². The quantitative estimate of drug-likeness (QED) is 0.340. The largest absolute Gasteiger partial charge is 0.382 e. The third kappa shape index (κ3) is 5.33. The Balaban J connectivity index is 1.72. The Kier molecular flexibility index (Phi) is 7.26. The van der Waals surface area contributed by atoms with E-state index in [1.165, 1.54) is 22.4 Å². The highest BCUT2D eigenvalue weighted by atomic mass is 35.5. The number of hydrogen-bond donors (Lipinski definition) is 1. The number of thioether (sulfide) groups is 1. The number of aromatic nitrogens is 5. The fourth-order valence-electron chi connectivity index (χ4n) is 3.59. The second kappa shape index (κ2) is 10.1. The molecule has 0 aliphatic carbocycles. The van der Waals surface area contributed by atoms with Gasteiger partial charge in [0.15, 0.2) is 5.82 Å². The lowest BCUT2D eigenvalue weighted by molar-refractivity contribution is 0.0688. The summed E-state index contributed by atoms with van der Waals surface area (Å²) < 4.78 is 15.7. The van der Waals surface area contributed by atoms with Crippen LogP contribution in [0.2, 0.25) is 5.02 Å². The molecule has 7 nitrogen and oxygen atoms in total. The van der Waals surface area contributed by atoms with Gasteiger partial charge in [0.1, 0.15) is 16.4 Å². The maximum absolute atomic E-state index is 14.2.